The summed E-state index contributed by atoms with van der Waals surface area (Å²) in [4.78, 5) is 10.9. The Bertz CT molecular complexity index is 193. The molecule has 0 radical (unpaired) electrons. The van der Waals surface area contributed by atoms with Crippen molar-refractivity contribution in [2.24, 2.45) is 0 Å². The molecule has 1 nitrogen and oxygen atoms in total. The third kappa shape index (κ3) is 4.00. The predicted octanol–water partition coefficient (Wildman–Crippen LogP) is 3.02. The molecule has 1 aliphatic heterocycles. The lowest BCUT2D eigenvalue weighted by Crippen LogP contribution is -2.01. The van der Waals surface area contributed by atoms with Gasteiger partial charge >= 0.3 is 0 Å². The van der Waals surface area contributed by atoms with Gasteiger partial charge in [-0.15, -0.1) is 23.5 Å². The van der Waals surface area contributed by atoms with E-state index < -0.39 is 0 Å². The second-order valence-corrected chi connectivity index (χ2v) is 6.83. The van der Waals surface area contributed by atoms with E-state index in [1.165, 1.54) is 30.0 Å². The fourth-order valence-electron chi connectivity index (χ4n) is 1.02. The van der Waals surface area contributed by atoms with Crippen LogP contribution in [0, 0.1) is 0 Å². The van der Waals surface area contributed by atoms with Crippen molar-refractivity contribution in [1.29, 1.82) is 0 Å². The van der Waals surface area contributed by atoms with Crippen LogP contribution in [0.25, 0.3) is 0 Å². The van der Waals surface area contributed by atoms with Gasteiger partial charge in [0.25, 0.3) is 0 Å². The molecule has 2 unspecified atom stereocenters. The zero-order valence-electron chi connectivity index (χ0n) is 7.69. The van der Waals surface area contributed by atoms with Gasteiger partial charge < -0.3 is 0 Å². The SMILES string of the molecule is C=CC(=O)SCC1SCC(CC)S1. The molecule has 1 aliphatic rings. The Morgan fingerprint density at radius 2 is 2.54 bits per heavy atom. The summed E-state index contributed by atoms with van der Waals surface area (Å²) < 4.78 is 0.610. The lowest BCUT2D eigenvalue weighted by molar-refractivity contribution is -0.107. The van der Waals surface area contributed by atoms with E-state index >= 15 is 0 Å². The van der Waals surface area contributed by atoms with Gasteiger partial charge in [-0.3, -0.25) is 4.79 Å². The third-order valence-corrected chi connectivity index (χ3v) is 6.61. The average Bonchev–Trinajstić information content (AvgIpc) is 2.61. The highest BCUT2D eigenvalue weighted by Crippen LogP contribution is 2.40. The van der Waals surface area contributed by atoms with Crippen LogP contribution in [0.3, 0.4) is 0 Å². The molecule has 0 aromatic rings. The van der Waals surface area contributed by atoms with Gasteiger partial charge in [0.05, 0.1) is 4.58 Å². The van der Waals surface area contributed by atoms with Crippen LogP contribution in [-0.4, -0.2) is 26.5 Å². The maximum Gasteiger partial charge on any atom is 0.211 e. The monoisotopic (exact) mass is 234 g/mol. The number of rotatable bonds is 4. The Kier molecular flexibility index (Phi) is 5.36. The molecule has 0 aliphatic carbocycles. The van der Waals surface area contributed by atoms with Crippen LogP contribution in [0.2, 0.25) is 0 Å². The molecule has 2 atom stereocenters. The molecule has 0 aromatic heterocycles. The average molecular weight is 234 g/mol. The van der Waals surface area contributed by atoms with Gasteiger partial charge in [-0.1, -0.05) is 25.3 Å². The van der Waals surface area contributed by atoms with E-state index in [4.69, 9.17) is 0 Å². The van der Waals surface area contributed by atoms with Crippen LogP contribution >= 0.6 is 35.3 Å². The lowest BCUT2D eigenvalue weighted by atomic mass is 10.4. The predicted molar refractivity (Wildman–Crippen MR) is 65.6 cm³/mol. The van der Waals surface area contributed by atoms with Crippen LogP contribution in [-0.2, 0) is 4.79 Å². The minimum absolute atomic E-state index is 0.0983. The Labute approximate surface area is 92.5 Å². The summed E-state index contributed by atoms with van der Waals surface area (Å²) in [5.74, 6) is 2.17. The second-order valence-electron chi connectivity index (χ2n) is 2.76. The molecule has 1 saturated heterocycles. The van der Waals surface area contributed by atoms with E-state index in [1.54, 1.807) is 0 Å². The van der Waals surface area contributed by atoms with E-state index in [1.807, 2.05) is 23.5 Å². The number of hydrogen-bond donors (Lipinski definition) is 0. The number of carbonyl (C=O) groups excluding carboxylic acids is 1. The van der Waals surface area contributed by atoms with Gasteiger partial charge in [-0.05, 0) is 12.5 Å². The first-order valence-corrected chi connectivity index (χ1v) is 7.30. The van der Waals surface area contributed by atoms with Gasteiger partial charge in [-0.2, -0.15) is 0 Å². The highest BCUT2D eigenvalue weighted by Gasteiger charge is 2.24. The molecule has 0 spiro atoms. The van der Waals surface area contributed by atoms with Crippen molar-refractivity contribution in [2.75, 3.05) is 11.5 Å². The summed E-state index contributed by atoms with van der Waals surface area (Å²) in [6, 6.07) is 0. The van der Waals surface area contributed by atoms with E-state index in [0.29, 0.717) is 4.58 Å². The second kappa shape index (κ2) is 6.04. The van der Waals surface area contributed by atoms with E-state index in [-0.39, 0.29) is 5.12 Å². The molecule has 4 heteroatoms. The largest absolute Gasteiger partial charge is 0.282 e. The first-order valence-electron chi connectivity index (χ1n) is 4.32. The summed E-state index contributed by atoms with van der Waals surface area (Å²) in [7, 11) is 0. The van der Waals surface area contributed by atoms with Crippen molar-refractivity contribution in [3.8, 4) is 0 Å². The van der Waals surface area contributed by atoms with E-state index in [0.717, 1.165) is 11.0 Å². The van der Waals surface area contributed by atoms with Crippen molar-refractivity contribution in [3.63, 3.8) is 0 Å². The maximum atomic E-state index is 10.9. The van der Waals surface area contributed by atoms with Gasteiger partial charge in [0.1, 0.15) is 0 Å². The molecule has 0 amide bonds. The highest BCUT2D eigenvalue weighted by molar-refractivity contribution is 8.22. The molecule has 0 N–H and O–H groups in total. The van der Waals surface area contributed by atoms with Crippen LogP contribution in [0.5, 0.6) is 0 Å². The zero-order chi connectivity index (χ0) is 9.68. The van der Waals surface area contributed by atoms with Gasteiger partial charge in [0, 0.05) is 16.8 Å². The summed E-state index contributed by atoms with van der Waals surface area (Å²) in [6.45, 7) is 5.68. The molecule has 74 valence electrons. The van der Waals surface area contributed by atoms with Crippen molar-refractivity contribution in [1.82, 2.24) is 0 Å². The molecule has 1 rings (SSSR count). The van der Waals surface area contributed by atoms with E-state index in [9.17, 15) is 4.79 Å². The highest BCUT2D eigenvalue weighted by atomic mass is 32.2. The smallest absolute Gasteiger partial charge is 0.211 e. The van der Waals surface area contributed by atoms with E-state index in [2.05, 4.69) is 13.5 Å². The summed E-state index contributed by atoms with van der Waals surface area (Å²) in [6.07, 6.45) is 2.64. The lowest BCUT2D eigenvalue weighted by Gasteiger charge is -2.06. The summed E-state index contributed by atoms with van der Waals surface area (Å²) in [5, 5.41) is 0.899. The fourth-order valence-corrected chi connectivity index (χ4v) is 5.40. The van der Waals surface area contributed by atoms with Crippen molar-refractivity contribution < 1.29 is 4.79 Å². The Hall–Kier alpha value is 0.460. The topological polar surface area (TPSA) is 17.1 Å². The van der Waals surface area contributed by atoms with Crippen molar-refractivity contribution in [2.45, 2.75) is 23.2 Å². The standard InChI is InChI=1S/C9H14OS3/c1-3-7-5-12-9(13-7)6-11-8(10)4-2/h4,7,9H,2-3,5-6H2,1H3. The number of carbonyl (C=O) groups is 1. The third-order valence-electron chi connectivity index (χ3n) is 1.80. The summed E-state index contributed by atoms with van der Waals surface area (Å²) >= 11 is 5.39. The molecular formula is C9H14OS3. The fraction of sp³-hybridized carbons (Fsp3) is 0.667. The van der Waals surface area contributed by atoms with Crippen molar-refractivity contribution >= 4 is 40.4 Å². The molecule has 0 aromatic carbocycles. The first-order chi connectivity index (χ1) is 6.26. The van der Waals surface area contributed by atoms with Gasteiger partial charge in [-0.25, -0.2) is 0 Å². The zero-order valence-corrected chi connectivity index (χ0v) is 10.1. The number of hydrogen-bond acceptors (Lipinski definition) is 4. The summed E-state index contributed by atoms with van der Waals surface area (Å²) in [5.41, 5.74) is 0. The molecule has 1 fully saturated rings. The molecular weight excluding hydrogens is 220 g/mol. The molecule has 1 heterocycles. The molecule has 0 saturated carbocycles. The Morgan fingerprint density at radius 3 is 3.08 bits per heavy atom. The normalized spacial score (nSPS) is 27.5. The minimum atomic E-state index is 0.0983. The molecule has 0 bridgehead atoms. The van der Waals surface area contributed by atoms with Gasteiger partial charge in [0.15, 0.2) is 0 Å². The Morgan fingerprint density at radius 1 is 1.77 bits per heavy atom. The van der Waals surface area contributed by atoms with Crippen LogP contribution in [0.4, 0.5) is 0 Å². The Balaban J connectivity index is 2.17. The number of thioether (sulfide) groups is 3. The quantitative estimate of drug-likeness (QED) is 0.695. The molecule has 13 heavy (non-hydrogen) atoms. The van der Waals surface area contributed by atoms with Crippen molar-refractivity contribution in [3.05, 3.63) is 12.7 Å². The van der Waals surface area contributed by atoms with Gasteiger partial charge in [0.2, 0.25) is 5.12 Å². The van der Waals surface area contributed by atoms with Crippen LogP contribution in [0.1, 0.15) is 13.3 Å². The van der Waals surface area contributed by atoms with Crippen LogP contribution in [0.15, 0.2) is 12.7 Å². The van der Waals surface area contributed by atoms with Crippen LogP contribution < -0.4 is 0 Å². The maximum absolute atomic E-state index is 10.9. The first kappa shape index (κ1) is 11.5. The minimum Gasteiger partial charge on any atom is -0.282 e.